The van der Waals surface area contributed by atoms with Gasteiger partial charge in [-0.2, -0.15) is 0 Å². The maximum atomic E-state index is 12.4. The summed E-state index contributed by atoms with van der Waals surface area (Å²) in [6.45, 7) is 1.23. The summed E-state index contributed by atoms with van der Waals surface area (Å²) in [7, 11) is -0.349. The zero-order valence-electron chi connectivity index (χ0n) is 12.6. The van der Waals surface area contributed by atoms with Gasteiger partial charge in [0.05, 0.1) is 18.6 Å². The average Bonchev–Trinajstić information content (AvgIpc) is 2.46. The minimum Gasteiger partial charge on any atom is -0.497 e. The van der Waals surface area contributed by atoms with Gasteiger partial charge in [0.25, 0.3) is 0 Å². The second kappa shape index (κ2) is 6.97. The van der Waals surface area contributed by atoms with E-state index in [2.05, 4.69) is 5.32 Å². The highest BCUT2D eigenvalue weighted by molar-refractivity contribution is 7.92. The highest BCUT2D eigenvalue weighted by atomic mass is 32.2. The Morgan fingerprint density at radius 2 is 1.91 bits per heavy atom. The van der Waals surface area contributed by atoms with Crippen LogP contribution in [0, 0.1) is 0 Å². The van der Waals surface area contributed by atoms with Gasteiger partial charge >= 0.3 is 6.03 Å². The van der Waals surface area contributed by atoms with Crippen LogP contribution in [0.5, 0.6) is 5.75 Å². The van der Waals surface area contributed by atoms with Gasteiger partial charge in [-0.1, -0.05) is 0 Å². The molecule has 1 N–H and O–H groups in total. The van der Waals surface area contributed by atoms with E-state index >= 15 is 0 Å². The van der Waals surface area contributed by atoms with Crippen LogP contribution in [-0.4, -0.2) is 65.1 Å². The van der Waals surface area contributed by atoms with Crippen LogP contribution in [0.1, 0.15) is 0 Å². The van der Waals surface area contributed by atoms with Crippen LogP contribution in [-0.2, 0) is 14.6 Å². The molecular weight excluding hydrogens is 308 g/mol. The van der Waals surface area contributed by atoms with E-state index in [-0.39, 0.29) is 24.0 Å². The van der Waals surface area contributed by atoms with E-state index < -0.39 is 15.1 Å². The van der Waals surface area contributed by atoms with Crippen molar-refractivity contribution < 1.29 is 22.7 Å². The SMILES string of the molecule is COCCNC(=O)N1CC(S(=O)(=O)c2ccc(OC)cc2)C1. The molecule has 1 fully saturated rings. The molecule has 1 aromatic carbocycles. The van der Waals surface area contributed by atoms with Crippen LogP contribution in [0.25, 0.3) is 0 Å². The summed E-state index contributed by atoms with van der Waals surface area (Å²) in [4.78, 5) is 13.5. The molecular formula is C14H20N2O5S. The van der Waals surface area contributed by atoms with Gasteiger partial charge in [-0.25, -0.2) is 13.2 Å². The number of sulfone groups is 1. The van der Waals surface area contributed by atoms with Crippen LogP contribution in [0.15, 0.2) is 29.2 Å². The van der Waals surface area contributed by atoms with Crippen LogP contribution in [0.4, 0.5) is 4.79 Å². The third kappa shape index (κ3) is 3.50. The zero-order chi connectivity index (χ0) is 16.2. The number of hydrogen-bond acceptors (Lipinski definition) is 5. The number of methoxy groups -OCH3 is 2. The molecule has 0 unspecified atom stereocenters. The molecule has 22 heavy (non-hydrogen) atoms. The van der Waals surface area contributed by atoms with Gasteiger partial charge in [-0.15, -0.1) is 0 Å². The molecule has 0 atom stereocenters. The molecule has 1 heterocycles. The molecule has 122 valence electrons. The molecule has 0 saturated carbocycles. The number of carbonyl (C=O) groups is 1. The van der Waals surface area contributed by atoms with Crippen LogP contribution in [0.2, 0.25) is 0 Å². The molecule has 1 aliphatic heterocycles. The molecule has 2 amide bonds. The zero-order valence-corrected chi connectivity index (χ0v) is 13.4. The van der Waals surface area contributed by atoms with E-state index in [1.807, 2.05) is 0 Å². The predicted octanol–water partition coefficient (Wildman–Crippen LogP) is 0.509. The Labute approximate surface area is 130 Å². The summed E-state index contributed by atoms with van der Waals surface area (Å²) >= 11 is 0. The monoisotopic (exact) mass is 328 g/mol. The first-order valence-corrected chi connectivity index (χ1v) is 8.43. The topological polar surface area (TPSA) is 84.9 Å². The van der Waals surface area contributed by atoms with E-state index in [0.29, 0.717) is 18.9 Å². The first-order chi connectivity index (χ1) is 10.5. The normalized spacial score (nSPS) is 15.3. The second-order valence-electron chi connectivity index (χ2n) is 4.97. The molecule has 0 bridgehead atoms. The number of benzene rings is 1. The number of urea groups is 1. The minimum absolute atomic E-state index is 0.202. The first-order valence-electron chi connectivity index (χ1n) is 6.88. The van der Waals surface area contributed by atoms with E-state index in [0.717, 1.165) is 0 Å². The Morgan fingerprint density at radius 3 is 2.45 bits per heavy atom. The molecule has 1 aromatic rings. The third-order valence-electron chi connectivity index (χ3n) is 3.54. The summed E-state index contributed by atoms with van der Waals surface area (Å²) in [5.74, 6) is 0.603. The van der Waals surface area contributed by atoms with E-state index in [9.17, 15) is 13.2 Å². The molecule has 1 saturated heterocycles. The number of ether oxygens (including phenoxy) is 2. The smallest absolute Gasteiger partial charge is 0.317 e. The quantitative estimate of drug-likeness (QED) is 0.769. The second-order valence-corrected chi connectivity index (χ2v) is 7.20. The third-order valence-corrected chi connectivity index (χ3v) is 5.65. The van der Waals surface area contributed by atoms with Crippen molar-refractivity contribution in [2.45, 2.75) is 10.1 Å². The van der Waals surface area contributed by atoms with E-state index in [1.165, 1.54) is 24.1 Å². The maximum absolute atomic E-state index is 12.4. The standard InChI is InChI=1S/C14H20N2O5S/c1-20-8-7-15-14(17)16-9-13(10-16)22(18,19)12-5-3-11(21-2)4-6-12/h3-6,13H,7-10H2,1-2H3,(H,15,17). The van der Waals surface area contributed by atoms with Gasteiger partial charge in [0.15, 0.2) is 9.84 Å². The highest BCUT2D eigenvalue weighted by Crippen LogP contribution is 2.25. The molecule has 0 radical (unpaired) electrons. The van der Waals surface area contributed by atoms with Crippen molar-refractivity contribution >= 4 is 15.9 Å². The lowest BCUT2D eigenvalue weighted by atomic mass is 10.2. The molecule has 0 spiro atoms. The molecule has 0 aliphatic carbocycles. The van der Waals surface area contributed by atoms with Gasteiger partial charge in [0, 0.05) is 26.7 Å². The Balaban J connectivity index is 1.92. The maximum Gasteiger partial charge on any atom is 0.317 e. The fourth-order valence-corrected chi connectivity index (χ4v) is 3.78. The Kier molecular flexibility index (Phi) is 5.25. The predicted molar refractivity (Wildman–Crippen MR) is 80.8 cm³/mol. The number of amides is 2. The first kappa shape index (κ1) is 16.6. The van der Waals surface area contributed by atoms with Gasteiger partial charge in [-0.3, -0.25) is 0 Å². The number of nitrogens with zero attached hydrogens (tertiary/aromatic N) is 1. The summed E-state index contributed by atoms with van der Waals surface area (Å²) in [5.41, 5.74) is 0. The summed E-state index contributed by atoms with van der Waals surface area (Å²) in [6.07, 6.45) is 0. The molecule has 2 rings (SSSR count). The molecule has 8 heteroatoms. The van der Waals surface area contributed by atoms with Crippen molar-refractivity contribution in [3.8, 4) is 5.75 Å². The fraction of sp³-hybridized carbons (Fsp3) is 0.500. The van der Waals surface area contributed by atoms with Gasteiger partial charge < -0.3 is 19.7 Å². The van der Waals surface area contributed by atoms with E-state index in [1.54, 1.807) is 19.2 Å². The van der Waals surface area contributed by atoms with Crippen molar-refractivity contribution in [3.05, 3.63) is 24.3 Å². The number of nitrogens with one attached hydrogen (secondary N) is 1. The Bertz CT molecular complexity index is 609. The van der Waals surface area contributed by atoms with Crippen molar-refractivity contribution in [2.75, 3.05) is 40.5 Å². The van der Waals surface area contributed by atoms with Crippen LogP contribution >= 0.6 is 0 Å². The van der Waals surface area contributed by atoms with Crippen molar-refractivity contribution in [1.82, 2.24) is 10.2 Å². The number of likely N-dealkylation sites (tertiary alicyclic amines) is 1. The van der Waals surface area contributed by atoms with Crippen LogP contribution < -0.4 is 10.1 Å². The minimum atomic E-state index is -3.42. The molecule has 0 aromatic heterocycles. The number of carbonyl (C=O) groups excluding carboxylic acids is 1. The Hall–Kier alpha value is -1.80. The van der Waals surface area contributed by atoms with Crippen molar-refractivity contribution in [1.29, 1.82) is 0 Å². The van der Waals surface area contributed by atoms with Crippen molar-refractivity contribution in [2.24, 2.45) is 0 Å². The molecule has 1 aliphatic rings. The summed E-state index contributed by atoms with van der Waals surface area (Å²) < 4.78 is 34.7. The number of rotatable bonds is 6. The largest absolute Gasteiger partial charge is 0.497 e. The summed E-state index contributed by atoms with van der Waals surface area (Å²) in [5, 5.41) is 2.10. The number of hydrogen-bond donors (Lipinski definition) is 1. The lowest BCUT2D eigenvalue weighted by Crippen LogP contribution is -2.59. The van der Waals surface area contributed by atoms with Crippen LogP contribution in [0.3, 0.4) is 0 Å². The summed E-state index contributed by atoms with van der Waals surface area (Å²) in [6, 6.07) is 6.00. The Morgan fingerprint density at radius 1 is 1.27 bits per heavy atom. The highest BCUT2D eigenvalue weighted by Gasteiger charge is 2.40. The van der Waals surface area contributed by atoms with Gasteiger partial charge in [0.1, 0.15) is 11.0 Å². The fourth-order valence-electron chi connectivity index (χ4n) is 2.13. The van der Waals surface area contributed by atoms with Gasteiger partial charge in [0.2, 0.25) is 0 Å². The lowest BCUT2D eigenvalue weighted by Gasteiger charge is -2.38. The average molecular weight is 328 g/mol. The van der Waals surface area contributed by atoms with E-state index in [4.69, 9.17) is 9.47 Å². The van der Waals surface area contributed by atoms with Crippen molar-refractivity contribution in [3.63, 3.8) is 0 Å². The molecule has 7 nitrogen and oxygen atoms in total. The lowest BCUT2D eigenvalue weighted by molar-refractivity contribution is 0.160. The van der Waals surface area contributed by atoms with Gasteiger partial charge in [-0.05, 0) is 24.3 Å².